The van der Waals surface area contributed by atoms with E-state index in [1.807, 2.05) is 18.2 Å². The van der Waals surface area contributed by atoms with Crippen molar-refractivity contribution in [1.82, 2.24) is 4.98 Å². The van der Waals surface area contributed by atoms with Crippen molar-refractivity contribution in [2.45, 2.75) is 11.8 Å². The smallest absolute Gasteiger partial charge is 0.261 e. The highest BCUT2D eigenvalue weighted by molar-refractivity contribution is 7.92. The number of hydrogen-bond acceptors (Lipinski definition) is 5. The van der Waals surface area contributed by atoms with E-state index in [0.29, 0.717) is 11.4 Å². The van der Waals surface area contributed by atoms with Gasteiger partial charge in [0.05, 0.1) is 10.6 Å². The lowest BCUT2D eigenvalue weighted by molar-refractivity contribution is 0.475. The van der Waals surface area contributed by atoms with Crippen LogP contribution in [0.15, 0.2) is 65.7 Å². The Kier molecular flexibility index (Phi) is 4.61. The Balaban J connectivity index is 1.95. The zero-order valence-electron chi connectivity index (χ0n) is 13.8. The van der Waals surface area contributed by atoms with Crippen LogP contribution in [0.2, 0.25) is 0 Å². The van der Waals surface area contributed by atoms with Crippen LogP contribution < -0.4 is 4.72 Å². The van der Waals surface area contributed by atoms with Gasteiger partial charge in [-0.25, -0.2) is 13.4 Å². The van der Waals surface area contributed by atoms with E-state index in [1.54, 1.807) is 31.3 Å². The summed E-state index contributed by atoms with van der Waals surface area (Å²) in [7, 11) is -3.78. The number of phenolic OH excluding ortho intramolecular Hbond substituents is 1. The number of benzene rings is 2. The molecule has 0 atom stereocenters. The third kappa shape index (κ3) is 3.66. The summed E-state index contributed by atoms with van der Waals surface area (Å²) in [6, 6.07) is 16.0. The van der Waals surface area contributed by atoms with Gasteiger partial charge in [-0.15, -0.1) is 0 Å². The number of hydrogen-bond donors (Lipinski definition) is 2. The Morgan fingerprint density at radius 1 is 1.04 bits per heavy atom. The van der Waals surface area contributed by atoms with E-state index in [-0.39, 0.29) is 10.6 Å². The van der Waals surface area contributed by atoms with Gasteiger partial charge in [-0.1, -0.05) is 12.1 Å². The predicted octanol–water partition coefficient (Wildman–Crippen LogP) is 3.44. The molecule has 7 heteroatoms. The number of nitrogens with one attached hydrogen (secondary N) is 1. The second-order valence-electron chi connectivity index (χ2n) is 5.67. The molecule has 0 aliphatic heterocycles. The average molecular weight is 365 g/mol. The summed E-state index contributed by atoms with van der Waals surface area (Å²) >= 11 is 0. The predicted molar refractivity (Wildman–Crippen MR) is 98.0 cm³/mol. The Bertz CT molecular complexity index is 1080. The summed E-state index contributed by atoms with van der Waals surface area (Å²) in [4.78, 5) is 4.09. The van der Waals surface area contributed by atoms with Crippen LogP contribution in [0.3, 0.4) is 0 Å². The molecule has 0 amide bonds. The number of rotatable bonds is 4. The summed E-state index contributed by atoms with van der Waals surface area (Å²) in [5, 5.41) is 18.1. The summed E-state index contributed by atoms with van der Waals surface area (Å²) in [6.07, 6.45) is 1.57. The number of aromatic hydroxyl groups is 1. The first-order valence-corrected chi connectivity index (χ1v) is 9.16. The van der Waals surface area contributed by atoms with Gasteiger partial charge in [-0.3, -0.25) is 4.72 Å². The highest BCUT2D eigenvalue weighted by atomic mass is 32.2. The first kappa shape index (κ1) is 17.5. The van der Waals surface area contributed by atoms with Gasteiger partial charge in [0.1, 0.15) is 17.5 Å². The zero-order chi connectivity index (χ0) is 18.7. The second kappa shape index (κ2) is 6.86. The van der Waals surface area contributed by atoms with Gasteiger partial charge in [0.15, 0.2) is 0 Å². The molecule has 1 heterocycles. The SMILES string of the molecule is Cc1ccc(-c2ccc(C#N)nc2)cc1NS(=O)(=O)c1ccc(O)cc1. The first-order chi connectivity index (χ1) is 12.4. The van der Waals surface area contributed by atoms with Gasteiger partial charge < -0.3 is 5.11 Å². The minimum absolute atomic E-state index is 0.00422. The van der Waals surface area contributed by atoms with Crippen molar-refractivity contribution in [1.29, 1.82) is 5.26 Å². The van der Waals surface area contributed by atoms with E-state index < -0.39 is 10.0 Å². The topological polar surface area (TPSA) is 103 Å². The molecule has 6 nitrogen and oxygen atoms in total. The second-order valence-corrected chi connectivity index (χ2v) is 7.36. The van der Waals surface area contributed by atoms with Crippen LogP contribution in [0.1, 0.15) is 11.3 Å². The molecule has 0 radical (unpaired) electrons. The fourth-order valence-corrected chi connectivity index (χ4v) is 3.49. The Morgan fingerprint density at radius 3 is 2.35 bits per heavy atom. The van der Waals surface area contributed by atoms with E-state index >= 15 is 0 Å². The summed E-state index contributed by atoms with van der Waals surface area (Å²) in [5.41, 5.74) is 3.07. The molecule has 0 fully saturated rings. The molecule has 1 aromatic heterocycles. The van der Waals surface area contributed by atoms with Gasteiger partial charge in [0, 0.05) is 11.8 Å². The standard InChI is InChI=1S/C19H15N3O3S/c1-13-2-3-14(15-4-5-16(11-20)21-12-15)10-19(13)22-26(24,25)18-8-6-17(23)7-9-18/h2-10,12,22-23H,1H3. The number of aryl methyl sites for hydroxylation is 1. The maximum Gasteiger partial charge on any atom is 0.261 e. The molecule has 0 aliphatic rings. The van der Waals surface area contributed by atoms with E-state index in [1.165, 1.54) is 24.3 Å². The van der Waals surface area contributed by atoms with E-state index in [0.717, 1.165) is 16.7 Å². The largest absolute Gasteiger partial charge is 0.508 e. The number of pyridine rings is 1. The molecular weight excluding hydrogens is 350 g/mol. The molecule has 0 spiro atoms. The van der Waals surface area contributed by atoms with Gasteiger partial charge in [-0.05, 0) is 60.5 Å². The van der Waals surface area contributed by atoms with Crippen molar-refractivity contribution in [2.24, 2.45) is 0 Å². The molecule has 0 aliphatic carbocycles. The molecule has 0 saturated heterocycles. The number of nitriles is 1. The lowest BCUT2D eigenvalue weighted by Crippen LogP contribution is -2.13. The Hall–Kier alpha value is -3.37. The summed E-state index contributed by atoms with van der Waals surface area (Å²) in [6.45, 7) is 1.80. The van der Waals surface area contributed by atoms with Crippen LogP contribution in [-0.4, -0.2) is 18.5 Å². The maximum atomic E-state index is 12.6. The molecular formula is C19H15N3O3S. The molecule has 26 heavy (non-hydrogen) atoms. The lowest BCUT2D eigenvalue weighted by atomic mass is 10.0. The third-order valence-electron chi connectivity index (χ3n) is 3.84. The monoisotopic (exact) mass is 365 g/mol. The van der Waals surface area contributed by atoms with Crippen LogP contribution in [0.4, 0.5) is 5.69 Å². The molecule has 0 unspecified atom stereocenters. The fraction of sp³-hybridized carbons (Fsp3) is 0.0526. The first-order valence-electron chi connectivity index (χ1n) is 7.68. The number of phenols is 1. The molecule has 3 rings (SSSR count). The molecule has 2 aromatic carbocycles. The van der Waals surface area contributed by atoms with Crippen LogP contribution in [-0.2, 0) is 10.0 Å². The molecule has 130 valence electrons. The van der Waals surface area contributed by atoms with Crippen molar-refractivity contribution in [3.63, 3.8) is 0 Å². The van der Waals surface area contributed by atoms with E-state index in [4.69, 9.17) is 5.26 Å². The van der Waals surface area contributed by atoms with E-state index in [9.17, 15) is 13.5 Å². The van der Waals surface area contributed by atoms with Crippen molar-refractivity contribution in [3.8, 4) is 22.9 Å². The van der Waals surface area contributed by atoms with Gasteiger partial charge in [-0.2, -0.15) is 5.26 Å². The highest BCUT2D eigenvalue weighted by Crippen LogP contribution is 2.27. The number of sulfonamides is 1. The average Bonchev–Trinajstić information content (AvgIpc) is 2.64. The quantitative estimate of drug-likeness (QED) is 0.737. The Labute approximate surface area is 151 Å². The van der Waals surface area contributed by atoms with Crippen LogP contribution in [0.5, 0.6) is 5.75 Å². The number of anilines is 1. The Morgan fingerprint density at radius 2 is 1.73 bits per heavy atom. The zero-order valence-corrected chi connectivity index (χ0v) is 14.7. The summed E-state index contributed by atoms with van der Waals surface area (Å²) < 4.78 is 27.7. The molecule has 3 aromatic rings. The fourth-order valence-electron chi connectivity index (χ4n) is 2.37. The molecule has 2 N–H and O–H groups in total. The minimum atomic E-state index is -3.78. The van der Waals surface area contributed by atoms with Crippen LogP contribution in [0, 0.1) is 18.3 Å². The van der Waals surface area contributed by atoms with Gasteiger partial charge >= 0.3 is 0 Å². The minimum Gasteiger partial charge on any atom is -0.508 e. The summed E-state index contributed by atoms with van der Waals surface area (Å²) in [5.74, 6) is -0.00422. The van der Waals surface area contributed by atoms with E-state index in [2.05, 4.69) is 9.71 Å². The van der Waals surface area contributed by atoms with Crippen molar-refractivity contribution in [2.75, 3.05) is 4.72 Å². The number of nitrogens with zero attached hydrogens (tertiary/aromatic N) is 2. The number of aromatic nitrogens is 1. The highest BCUT2D eigenvalue weighted by Gasteiger charge is 2.16. The normalized spacial score (nSPS) is 10.9. The van der Waals surface area contributed by atoms with Crippen molar-refractivity contribution < 1.29 is 13.5 Å². The van der Waals surface area contributed by atoms with Crippen molar-refractivity contribution in [3.05, 3.63) is 72.1 Å². The van der Waals surface area contributed by atoms with Crippen LogP contribution >= 0.6 is 0 Å². The van der Waals surface area contributed by atoms with Gasteiger partial charge in [0.2, 0.25) is 0 Å². The van der Waals surface area contributed by atoms with Gasteiger partial charge in [0.25, 0.3) is 10.0 Å². The van der Waals surface area contributed by atoms with Crippen LogP contribution in [0.25, 0.3) is 11.1 Å². The lowest BCUT2D eigenvalue weighted by Gasteiger charge is -2.12. The van der Waals surface area contributed by atoms with Crippen molar-refractivity contribution >= 4 is 15.7 Å². The molecule has 0 bridgehead atoms. The molecule has 0 saturated carbocycles. The maximum absolute atomic E-state index is 12.6. The third-order valence-corrected chi connectivity index (χ3v) is 5.22.